The number of thiophene rings is 1. The van der Waals surface area contributed by atoms with Crippen LogP contribution in [0.2, 0.25) is 5.02 Å². The molecule has 0 aliphatic heterocycles. The summed E-state index contributed by atoms with van der Waals surface area (Å²) in [5.41, 5.74) is 0.762. The van der Waals surface area contributed by atoms with Gasteiger partial charge >= 0.3 is 0 Å². The lowest BCUT2D eigenvalue weighted by molar-refractivity contribution is 0.176. The van der Waals surface area contributed by atoms with E-state index in [1.54, 1.807) is 17.4 Å². The molecule has 1 atom stereocenters. The fourth-order valence-corrected chi connectivity index (χ4v) is 3.53. The molecule has 1 nitrogen and oxygen atoms in total. The third-order valence-electron chi connectivity index (χ3n) is 2.58. The first kappa shape index (κ1) is 14.0. The molecule has 0 radical (unpaired) electrons. The van der Waals surface area contributed by atoms with Gasteiger partial charge in [0.25, 0.3) is 0 Å². The van der Waals surface area contributed by atoms with E-state index in [2.05, 4.69) is 15.9 Å². The van der Waals surface area contributed by atoms with E-state index in [4.69, 9.17) is 11.6 Å². The SMILES string of the molecule is OC(Cc1ccc(F)cc1Cl)Cc1sccc1Br. The molecular formula is C13H11BrClFOS. The van der Waals surface area contributed by atoms with Gasteiger partial charge in [0.2, 0.25) is 0 Å². The summed E-state index contributed by atoms with van der Waals surface area (Å²) in [7, 11) is 0. The van der Waals surface area contributed by atoms with Crippen molar-refractivity contribution in [2.45, 2.75) is 18.9 Å². The lowest BCUT2D eigenvalue weighted by Crippen LogP contribution is -2.13. The van der Waals surface area contributed by atoms with Gasteiger partial charge in [0.1, 0.15) is 5.82 Å². The standard InChI is InChI=1S/C13H11BrClFOS/c14-11-3-4-18-13(11)7-10(17)5-8-1-2-9(16)6-12(8)15/h1-4,6,10,17H,5,7H2. The number of benzene rings is 1. The molecule has 2 aromatic rings. The van der Waals surface area contributed by atoms with Crippen LogP contribution in [-0.2, 0) is 12.8 Å². The van der Waals surface area contributed by atoms with E-state index in [0.717, 1.165) is 14.9 Å². The zero-order chi connectivity index (χ0) is 13.1. The lowest BCUT2D eigenvalue weighted by atomic mass is 10.0. The molecule has 0 amide bonds. The highest BCUT2D eigenvalue weighted by atomic mass is 79.9. The van der Waals surface area contributed by atoms with Gasteiger partial charge in [-0.2, -0.15) is 0 Å². The zero-order valence-corrected chi connectivity index (χ0v) is 12.5. The van der Waals surface area contributed by atoms with Crippen molar-refractivity contribution in [1.29, 1.82) is 0 Å². The monoisotopic (exact) mass is 348 g/mol. The Kier molecular flexibility index (Phi) is 4.78. The van der Waals surface area contributed by atoms with Crippen LogP contribution in [0.25, 0.3) is 0 Å². The summed E-state index contributed by atoms with van der Waals surface area (Å²) in [4.78, 5) is 1.10. The molecule has 0 saturated heterocycles. The van der Waals surface area contributed by atoms with Gasteiger partial charge < -0.3 is 5.11 Å². The Morgan fingerprint density at radius 3 is 2.72 bits per heavy atom. The Hall–Kier alpha value is -0.420. The summed E-state index contributed by atoms with van der Waals surface area (Å²) in [5.74, 6) is -0.362. The van der Waals surface area contributed by atoms with E-state index in [-0.39, 0.29) is 5.82 Å². The fourth-order valence-electron chi connectivity index (χ4n) is 1.70. The molecule has 0 aliphatic rings. The summed E-state index contributed by atoms with van der Waals surface area (Å²) in [6.45, 7) is 0. The molecular weight excluding hydrogens is 339 g/mol. The number of halogens is 3. The maximum Gasteiger partial charge on any atom is 0.124 e. The largest absolute Gasteiger partial charge is 0.392 e. The van der Waals surface area contributed by atoms with Crippen LogP contribution >= 0.6 is 38.9 Å². The minimum Gasteiger partial charge on any atom is -0.392 e. The molecule has 1 aromatic carbocycles. The summed E-state index contributed by atoms with van der Waals surface area (Å²) >= 11 is 11.0. The predicted molar refractivity (Wildman–Crippen MR) is 76.8 cm³/mol. The molecule has 0 bridgehead atoms. The van der Waals surface area contributed by atoms with E-state index < -0.39 is 6.10 Å². The second-order valence-corrected chi connectivity index (χ2v) is 6.25. The van der Waals surface area contributed by atoms with Crippen molar-refractivity contribution in [3.8, 4) is 0 Å². The van der Waals surface area contributed by atoms with Gasteiger partial charge in [0.05, 0.1) is 6.10 Å². The smallest absolute Gasteiger partial charge is 0.124 e. The number of aliphatic hydroxyl groups excluding tert-OH is 1. The van der Waals surface area contributed by atoms with Crippen molar-refractivity contribution in [3.63, 3.8) is 0 Å². The van der Waals surface area contributed by atoms with E-state index >= 15 is 0 Å². The summed E-state index contributed by atoms with van der Waals surface area (Å²) in [6.07, 6.45) is 0.456. The van der Waals surface area contributed by atoms with Crippen molar-refractivity contribution in [1.82, 2.24) is 0 Å². The van der Waals surface area contributed by atoms with Gasteiger partial charge in [-0.25, -0.2) is 4.39 Å². The van der Waals surface area contributed by atoms with E-state index in [1.165, 1.54) is 12.1 Å². The highest BCUT2D eigenvalue weighted by Crippen LogP contribution is 2.25. The van der Waals surface area contributed by atoms with Crippen LogP contribution in [0.15, 0.2) is 34.1 Å². The van der Waals surface area contributed by atoms with Gasteiger partial charge in [-0.1, -0.05) is 17.7 Å². The average Bonchev–Trinajstić information content (AvgIpc) is 2.69. The van der Waals surface area contributed by atoms with Crippen molar-refractivity contribution in [2.75, 3.05) is 0 Å². The lowest BCUT2D eigenvalue weighted by Gasteiger charge is -2.11. The number of hydrogen-bond donors (Lipinski definition) is 1. The topological polar surface area (TPSA) is 20.2 Å². The van der Waals surface area contributed by atoms with E-state index in [0.29, 0.717) is 17.9 Å². The molecule has 1 aromatic heterocycles. The van der Waals surface area contributed by atoms with Crippen LogP contribution in [-0.4, -0.2) is 11.2 Å². The molecule has 0 fully saturated rings. The quantitative estimate of drug-likeness (QED) is 0.864. The van der Waals surface area contributed by atoms with Gasteiger partial charge in [-0.15, -0.1) is 11.3 Å². The van der Waals surface area contributed by atoms with Crippen LogP contribution < -0.4 is 0 Å². The van der Waals surface area contributed by atoms with Gasteiger partial charge in [0.15, 0.2) is 0 Å². The second-order valence-electron chi connectivity index (χ2n) is 3.99. The molecule has 1 heterocycles. The molecule has 1 N–H and O–H groups in total. The first-order valence-corrected chi connectivity index (χ1v) is 7.45. The first-order chi connectivity index (χ1) is 8.56. The van der Waals surface area contributed by atoms with Crippen LogP contribution in [0.1, 0.15) is 10.4 Å². The maximum absolute atomic E-state index is 12.9. The Morgan fingerprint density at radius 2 is 2.11 bits per heavy atom. The van der Waals surface area contributed by atoms with Gasteiger partial charge in [0, 0.05) is 27.2 Å². The minimum atomic E-state index is -0.525. The summed E-state index contributed by atoms with van der Waals surface area (Å²) < 4.78 is 13.9. The van der Waals surface area contributed by atoms with Crippen LogP contribution in [0, 0.1) is 5.82 Å². The van der Waals surface area contributed by atoms with Crippen molar-refractivity contribution >= 4 is 38.9 Å². The Labute approximate surface area is 122 Å². The predicted octanol–water partition coefficient (Wildman–Crippen LogP) is 4.45. The van der Waals surface area contributed by atoms with E-state index in [9.17, 15) is 9.50 Å². The van der Waals surface area contributed by atoms with Gasteiger partial charge in [-0.05, 0) is 45.1 Å². The summed E-state index contributed by atoms with van der Waals surface area (Å²) in [5, 5.41) is 12.4. The molecule has 2 rings (SSSR count). The van der Waals surface area contributed by atoms with Crippen LogP contribution in [0.3, 0.4) is 0 Å². The molecule has 1 unspecified atom stereocenters. The highest BCUT2D eigenvalue weighted by molar-refractivity contribution is 9.10. The molecule has 96 valence electrons. The molecule has 18 heavy (non-hydrogen) atoms. The average molecular weight is 350 g/mol. The molecule has 0 spiro atoms. The Morgan fingerprint density at radius 1 is 1.33 bits per heavy atom. The number of rotatable bonds is 4. The maximum atomic E-state index is 12.9. The molecule has 5 heteroatoms. The van der Waals surface area contributed by atoms with Crippen molar-refractivity contribution in [3.05, 3.63) is 55.4 Å². The zero-order valence-electron chi connectivity index (χ0n) is 9.37. The Balaban J connectivity index is 2.03. The Bertz CT molecular complexity index is 544. The third kappa shape index (κ3) is 3.54. The molecule has 0 saturated carbocycles. The normalized spacial score (nSPS) is 12.7. The minimum absolute atomic E-state index is 0.360. The highest BCUT2D eigenvalue weighted by Gasteiger charge is 2.12. The molecule has 0 aliphatic carbocycles. The van der Waals surface area contributed by atoms with Crippen molar-refractivity contribution < 1.29 is 9.50 Å². The van der Waals surface area contributed by atoms with E-state index in [1.807, 2.05) is 11.4 Å². The first-order valence-electron chi connectivity index (χ1n) is 5.40. The van der Waals surface area contributed by atoms with Crippen molar-refractivity contribution in [2.24, 2.45) is 0 Å². The fraction of sp³-hybridized carbons (Fsp3) is 0.231. The third-order valence-corrected chi connectivity index (χ3v) is 4.88. The van der Waals surface area contributed by atoms with Gasteiger partial charge in [-0.3, -0.25) is 0 Å². The summed E-state index contributed by atoms with van der Waals surface area (Å²) in [6, 6.07) is 6.20. The number of hydrogen-bond acceptors (Lipinski definition) is 2. The second kappa shape index (κ2) is 6.15. The van der Waals surface area contributed by atoms with Crippen LogP contribution in [0.5, 0.6) is 0 Å². The number of aliphatic hydroxyl groups is 1. The van der Waals surface area contributed by atoms with Crippen LogP contribution in [0.4, 0.5) is 4.39 Å².